The summed E-state index contributed by atoms with van der Waals surface area (Å²) < 4.78 is 23.5. The molecule has 7 nitrogen and oxygen atoms in total. The highest BCUT2D eigenvalue weighted by Crippen LogP contribution is 2.24. The third-order valence-corrected chi connectivity index (χ3v) is 4.75. The van der Waals surface area contributed by atoms with Crippen LogP contribution in [0.15, 0.2) is 54.9 Å². The van der Waals surface area contributed by atoms with Crippen molar-refractivity contribution in [1.82, 2.24) is 14.7 Å². The summed E-state index contributed by atoms with van der Waals surface area (Å²) in [5.74, 6) is 0.686. The Bertz CT molecular complexity index is 980. The van der Waals surface area contributed by atoms with Crippen LogP contribution in [0.4, 0.5) is 17.2 Å². The summed E-state index contributed by atoms with van der Waals surface area (Å²) in [5, 5.41) is 3.31. The highest BCUT2D eigenvalue weighted by molar-refractivity contribution is 7.77. The first-order chi connectivity index (χ1) is 13.5. The van der Waals surface area contributed by atoms with Gasteiger partial charge in [-0.1, -0.05) is 18.2 Å². The average Bonchev–Trinajstić information content (AvgIpc) is 2.67. The molecule has 0 aliphatic carbocycles. The van der Waals surface area contributed by atoms with E-state index in [-0.39, 0.29) is 0 Å². The van der Waals surface area contributed by atoms with Crippen LogP contribution in [0, 0.1) is 6.92 Å². The molecule has 0 fully saturated rings. The van der Waals surface area contributed by atoms with Gasteiger partial charge in [0.15, 0.2) is 0 Å². The van der Waals surface area contributed by atoms with Crippen molar-refractivity contribution in [3.63, 3.8) is 0 Å². The molecule has 1 aromatic heterocycles. The average molecular weight is 396 g/mol. The Balaban J connectivity index is 1.72. The Morgan fingerprint density at radius 2 is 2.00 bits per heavy atom. The van der Waals surface area contributed by atoms with Crippen LogP contribution < -0.4 is 15.8 Å². The quantitative estimate of drug-likeness (QED) is 0.306. The van der Waals surface area contributed by atoms with Crippen LogP contribution in [0.1, 0.15) is 17.5 Å². The van der Waals surface area contributed by atoms with Gasteiger partial charge in [-0.2, -0.15) is 0 Å². The number of nitrogens with one attached hydrogen (secondary N) is 2. The Morgan fingerprint density at radius 3 is 2.79 bits per heavy atom. The molecule has 0 radical (unpaired) electrons. The van der Waals surface area contributed by atoms with Crippen LogP contribution in [0.2, 0.25) is 0 Å². The lowest BCUT2D eigenvalue weighted by molar-refractivity contribution is 0.521. The van der Waals surface area contributed by atoms with E-state index in [1.54, 1.807) is 0 Å². The van der Waals surface area contributed by atoms with Crippen LogP contribution in [0.25, 0.3) is 11.3 Å². The fourth-order valence-electron chi connectivity index (χ4n) is 2.88. The molecule has 3 aromatic rings. The molecule has 1 heterocycles. The number of aromatic nitrogens is 2. The minimum atomic E-state index is -2.21. The predicted molar refractivity (Wildman–Crippen MR) is 112 cm³/mol. The molecule has 0 saturated heterocycles. The SMILES string of the molecule is Cc1ccc(Nc2cc(-c3cccc(N)c3)ncn2)cc1CCCNS(=O)[O-]. The van der Waals surface area contributed by atoms with Gasteiger partial charge < -0.3 is 15.6 Å². The summed E-state index contributed by atoms with van der Waals surface area (Å²) in [6.07, 6.45) is 3.03. The fourth-order valence-corrected chi connectivity index (χ4v) is 3.19. The number of hydrogen-bond donors (Lipinski definition) is 3. The van der Waals surface area contributed by atoms with Crippen LogP contribution in [-0.4, -0.2) is 25.3 Å². The number of nitrogens with zero attached hydrogens (tertiary/aromatic N) is 2. The molecule has 146 valence electrons. The molecule has 4 N–H and O–H groups in total. The van der Waals surface area contributed by atoms with Gasteiger partial charge in [0.2, 0.25) is 0 Å². The maximum absolute atomic E-state index is 10.5. The van der Waals surface area contributed by atoms with E-state index < -0.39 is 11.3 Å². The van der Waals surface area contributed by atoms with Crippen molar-refractivity contribution in [2.75, 3.05) is 17.6 Å². The lowest BCUT2D eigenvalue weighted by atomic mass is 10.0. The molecule has 2 aromatic carbocycles. The number of nitrogens with two attached hydrogens (primary N) is 1. The van der Waals surface area contributed by atoms with Gasteiger partial charge in [0.1, 0.15) is 12.1 Å². The monoisotopic (exact) mass is 396 g/mol. The first-order valence-electron chi connectivity index (χ1n) is 8.88. The van der Waals surface area contributed by atoms with Gasteiger partial charge in [-0.15, -0.1) is 0 Å². The fraction of sp³-hybridized carbons (Fsp3) is 0.200. The van der Waals surface area contributed by atoms with Crippen molar-refractivity contribution in [1.29, 1.82) is 0 Å². The van der Waals surface area contributed by atoms with E-state index in [0.717, 1.165) is 40.9 Å². The second-order valence-electron chi connectivity index (χ2n) is 6.41. The minimum Gasteiger partial charge on any atom is -0.760 e. The Hall–Kier alpha value is -2.81. The Labute approximate surface area is 166 Å². The molecule has 0 spiro atoms. The van der Waals surface area contributed by atoms with Crippen molar-refractivity contribution in [2.24, 2.45) is 0 Å². The standard InChI is InChI=1S/C20H23N5O2S/c1-14-7-8-18(11-15(14)5-3-9-24-28(26)27)25-20-12-19(22-13-23-20)16-4-2-6-17(21)10-16/h2,4,6-8,10-13,24H,3,5,9,21H2,1H3,(H,26,27)(H,22,23,25)/p-1. The van der Waals surface area contributed by atoms with Crippen LogP contribution >= 0.6 is 0 Å². The molecule has 1 atom stereocenters. The van der Waals surface area contributed by atoms with Gasteiger partial charge in [-0.25, -0.2) is 14.7 Å². The van der Waals surface area contributed by atoms with Gasteiger partial charge >= 0.3 is 0 Å². The molecule has 0 amide bonds. The Kier molecular flexibility index (Phi) is 6.70. The normalized spacial score (nSPS) is 11.9. The second kappa shape index (κ2) is 9.41. The minimum absolute atomic E-state index is 0.419. The zero-order valence-corrected chi connectivity index (χ0v) is 16.3. The van der Waals surface area contributed by atoms with E-state index in [1.807, 2.05) is 49.4 Å². The van der Waals surface area contributed by atoms with Gasteiger partial charge in [0.05, 0.1) is 5.69 Å². The van der Waals surface area contributed by atoms with Crippen LogP contribution in [0.3, 0.4) is 0 Å². The topological polar surface area (TPSA) is 116 Å². The molecule has 8 heteroatoms. The van der Waals surface area contributed by atoms with Crippen molar-refractivity contribution in [2.45, 2.75) is 19.8 Å². The molecule has 0 aliphatic rings. The summed E-state index contributed by atoms with van der Waals surface area (Å²) in [6, 6.07) is 15.5. The van der Waals surface area contributed by atoms with Crippen molar-refractivity contribution < 1.29 is 8.76 Å². The molecule has 0 aliphatic heterocycles. The molecular weight excluding hydrogens is 374 g/mol. The van der Waals surface area contributed by atoms with Crippen LogP contribution in [-0.2, 0) is 17.7 Å². The molecule has 0 bridgehead atoms. The van der Waals surface area contributed by atoms with Gasteiger partial charge in [-0.05, 0) is 55.2 Å². The van der Waals surface area contributed by atoms with E-state index in [2.05, 4.69) is 26.1 Å². The predicted octanol–water partition coefficient (Wildman–Crippen LogP) is 3.09. The first kappa shape index (κ1) is 19.9. The second-order valence-corrected chi connectivity index (χ2v) is 7.17. The summed E-state index contributed by atoms with van der Waals surface area (Å²) in [4.78, 5) is 8.62. The maximum Gasteiger partial charge on any atom is 0.134 e. The van der Waals surface area contributed by atoms with Gasteiger partial charge in [0.25, 0.3) is 0 Å². The molecule has 0 saturated carbocycles. The smallest absolute Gasteiger partial charge is 0.134 e. The Morgan fingerprint density at radius 1 is 1.14 bits per heavy atom. The summed E-state index contributed by atoms with van der Waals surface area (Å²) in [7, 11) is 0. The third kappa shape index (κ3) is 5.59. The summed E-state index contributed by atoms with van der Waals surface area (Å²) in [5.41, 5.74) is 11.5. The van der Waals surface area contributed by atoms with E-state index in [1.165, 1.54) is 6.33 Å². The number of benzene rings is 2. The summed E-state index contributed by atoms with van der Waals surface area (Å²) in [6.45, 7) is 2.46. The number of aryl methyl sites for hydroxylation is 2. The molecule has 1 unspecified atom stereocenters. The van der Waals surface area contributed by atoms with Gasteiger partial charge in [-0.3, -0.25) is 4.21 Å². The van der Waals surface area contributed by atoms with E-state index in [0.29, 0.717) is 18.1 Å². The molecule has 28 heavy (non-hydrogen) atoms. The zero-order valence-electron chi connectivity index (χ0n) is 15.5. The summed E-state index contributed by atoms with van der Waals surface area (Å²) >= 11 is -2.21. The van der Waals surface area contributed by atoms with E-state index in [9.17, 15) is 8.76 Å². The van der Waals surface area contributed by atoms with Gasteiger partial charge in [0, 0.05) is 40.8 Å². The first-order valence-corrected chi connectivity index (χ1v) is 9.96. The molecular formula is C20H22N5O2S-. The third-order valence-electron chi connectivity index (χ3n) is 4.31. The zero-order chi connectivity index (χ0) is 19.9. The number of rotatable bonds is 8. The largest absolute Gasteiger partial charge is 0.760 e. The van der Waals surface area contributed by atoms with Crippen LogP contribution in [0.5, 0.6) is 0 Å². The van der Waals surface area contributed by atoms with E-state index >= 15 is 0 Å². The van der Waals surface area contributed by atoms with Crippen molar-refractivity contribution in [3.8, 4) is 11.3 Å². The van der Waals surface area contributed by atoms with E-state index in [4.69, 9.17) is 5.73 Å². The lowest BCUT2D eigenvalue weighted by Gasteiger charge is -2.12. The maximum atomic E-state index is 10.5. The molecule has 3 rings (SSSR count). The highest BCUT2D eigenvalue weighted by Gasteiger charge is 2.05. The van der Waals surface area contributed by atoms with Crippen molar-refractivity contribution in [3.05, 3.63) is 66.0 Å². The van der Waals surface area contributed by atoms with Crippen molar-refractivity contribution >= 4 is 28.5 Å². The lowest BCUT2D eigenvalue weighted by Crippen LogP contribution is -2.18. The number of hydrogen-bond acceptors (Lipinski definition) is 6. The number of nitrogen functional groups attached to an aromatic ring is 1. The number of anilines is 3. The highest BCUT2D eigenvalue weighted by atomic mass is 32.2.